The average Bonchev–Trinajstić information content (AvgIpc) is 2.94. The van der Waals surface area contributed by atoms with Gasteiger partial charge in [-0.1, -0.05) is 6.07 Å². The van der Waals surface area contributed by atoms with Gasteiger partial charge in [-0.15, -0.1) is 11.3 Å². The van der Waals surface area contributed by atoms with Crippen LogP contribution in [0.15, 0.2) is 35.8 Å². The minimum atomic E-state index is 0.604. The maximum atomic E-state index is 4.73. The van der Waals surface area contributed by atoms with Gasteiger partial charge in [0.25, 0.3) is 0 Å². The number of hydrogen-bond donors (Lipinski definition) is 0. The highest BCUT2D eigenvalue weighted by Gasteiger charge is 2.29. The predicted octanol–water partition coefficient (Wildman–Crippen LogP) is 3.49. The van der Waals surface area contributed by atoms with Gasteiger partial charge >= 0.3 is 0 Å². The third-order valence-corrected chi connectivity index (χ3v) is 3.97. The minimum Gasteiger partial charge on any atom is -0.305 e. The Balaban J connectivity index is 2.05. The molecular weight excluding hydrogens is 230 g/mol. The van der Waals surface area contributed by atoms with Crippen LogP contribution in [0, 0.1) is 0 Å². The summed E-state index contributed by atoms with van der Waals surface area (Å²) in [6.07, 6.45) is 4.35. The highest BCUT2D eigenvalue weighted by Crippen LogP contribution is 2.41. The zero-order valence-corrected chi connectivity index (χ0v) is 10.0. The maximum Gasteiger partial charge on any atom is 0.160 e. The molecule has 0 radical (unpaired) electrons. The van der Waals surface area contributed by atoms with Gasteiger partial charge in [-0.2, -0.15) is 0 Å². The van der Waals surface area contributed by atoms with Crippen LogP contribution in [-0.4, -0.2) is 14.5 Å². The standard InChI is InChI=1S/C13H11N3S/c1-3-10-12(14-7-1)16(9-5-6-9)13(15-10)11-4-2-8-17-11/h1-4,7-9H,5-6H2. The van der Waals surface area contributed by atoms with E-state index in [1.54, 1.807) is 11.3 Å². The molecule has 4 heteroatoms. The number of imidazole rings is 1. The van der Waals surface area contributed by atoms with Crippen LogP contribution in [-0.2, 0) is 0 Å². The van der Waals surface area contributed by atoms with E-state index in [1.807, 2.05) is 18.3 Å². The molecule has 0 aromatic carbocycles. The van der Waals surface area contributed by atoms with E-state index in [1.165, 1.54) is 17.7 Å². The molecule has 3 aromatic rings. The average molecular weight is 241 g/mol. The molecule has 17 heavy (non-hydrogen) atoms. The van der Waals surface area contributed by atoms with Crippen LogP contribution < -0.4 is 0 Å². The van der Waals surface area contributed by atoms with Gasteiger partial charge in [-0.05, 0) is 36.4 Å². The summed E-state index contributed by atoms with van der Waals surface area (Å²) in [7, 11) is 0. The smallest absolute Gasteiger partial charge is 0.160 e. The number of nitrogens with zero attached hydrogens (tertiary/aromatic N) is 3. The third kappa shape index (κ3) is 1.41. The number of aromatic nitrogens is 3. The largest absolute Gasteiger partial charge is 0.305 e. The van der Waals surface area contributed by atoms with Crippen molar-refractivity contribution >= 4 is 22.5 Å². The number of hydrogen-bond acceptors (Lipinski definition) is 3. The molecule has 0 bridgehead atoms. The fourth-order valence-corrected chi connectivity index (χ4v) is 2.90. The summed E-state index contributed by atoms with van der Waals surface area (Å²) >= 11 is 1.74. The number of thiophene rings is 1. The quantitative estimate of drug-likeness (QED) is 0.687. The third-order valence-electron chi connectivity index (χ3n) is 3.10. The summed E-state index contributed by atoms with van der Waals surface area (Å²) in [5.41, 5.74) is 2.03. The first-order valence-electron chi connectivity index (χ1n) is 5.80. The Morgan fingerprint density at radius 3 is 2.94 bits per heavy atom. The van der Waals surface area contributed by atoms with Crippen molar-refractivity contribution in [3.63, 3.8) is 0 Å². The molecule has 0 unspecified atom stereocenters. The van der Waals surface area contributed by atoms with Crippen molar-refractivity contribution in [1.29, 1.82) is 0 Å². The molecule has 0 saturated heterocycles. The highest BCUT2D eigenvalue weighted by molar-refractivity contribution is 7.13. The Labute approximate surface area is 103 Å². The molecule has 0 amide bonds. The second kappa shape index (κ2) is 3.40. The van der Waals surface area contributed by atoms with E-state index in [4.69, 9.17) is 4.98 Å². The van der Waals surface area contributed by atoms with Crippen molar-refractivity contribution in [1.82, 2.24) is 14.5 Å². The Hall–Kier alpha value is -1.68. The van der Waals surface area contributed by atoms with Crippen LogP contribution in [0.25, 0.3) is 21.9 Å². The molecule has 1 fully saturated rings. The summed E-state index contributed by atoms with van der Waals surface area (Å²) in [5, 5.41) is 2.10. The van der Waals surface area contributed by atoms with Crippen molar-refractivity contribution in [2.24, 2.45) is 0 Å². The van der Waals surface area contributed by atoms with Crippen molar-refractivity contribution in [2.75, 3.05) is 0 Å². The van der Waals surface area contributed by atoms with E-state index in [0.29, 0.717) is 6.04 Å². The highest BCUT2D eigenvalue weighted by atomic mass is 32.1. The van der Waals surface area contributed by atoms with Crippen LogP contribution in [0.2, 0.25) is 0 Å². The van der Waals surface area contributed by atoms with Crippen LogP contribution in [0.5, 0.6) is 0 Å². The monoisotopic (exact) mass is 241 g/mol. The van der Waals surface area contributed by atoms with Gasteiger partial charge in [0.2, 0.25) is 0 Å². The number of pyridine rings is 1. The van der Waals surface area contributed by atoms with E-state index in [-0.39, 0.29) is 0 Å². The van der Waals surface area contributed by atoms with E-state index < -0.39 is 0 Å². The summed E-state index contributed by atoms with van der Waals surface area (Å²) in [5.74, 6) is 1.08. The molecule has 0 spiro atoms. The first-order valence-corrected chi connectivity index (χ1v) is 6.68. The predicted molar refractivity (Wildman–Crippen MR) is 69.1 cm³/mol. The molecule has 1 aliphatic carbocycles. The van der Waals surface area contributed by atoms with Crippen LogP contribution in [0.1, 0.15) is 18.9 Å². The lowest BCUT2D eigenvalue weighted by Crippen LogP contribution is -1.97. The van der Waals surface area contributed by atoms with Crippen LogP contribution in [0.4, 0.5) is 0 Å². The minimum absolute atomic E-state index is 0.604. The normalized spacial score (nSPS) is 15.5. The van der Waals surface area contributed by atoms with Crippen molar-refractivity contribution < 1.29 is 0 Å². The molecule has 0 aliphatic heterocycles. The second-order valence-electron chi connectivity index (χ2n) is 4.36. The number of fused-ring (bicyclic) bond motifs is 1. The molecule has 1 aliphatic rings. The molecule has 1 saturated carbocycles. The molecule has 3 aromatic heterocycles. The second-order valence-corrected chi connectivity index (χ2v) is 5.31. The van der Waals surface area contributed by atoms with Gasteiger partial charge in [-0.3, -0.25) is 0 Å². The van der Waals surface area contributed by atoms with Crippen molar-refractivity contribution in [3.8, 4) is 10.7 Å². The van der Waals surface area contributed by atoms with Gasteiger partial charge in [-0.25, -0.2) is 9.97 Å². The Morgan fingerprint density at radius 1 is 1.24 bits per heavy atom. The number of rotatable bonds is 2. The summed E-state index contributed by atoms with van der Waals surface area (Å²) in [6, 6.07) is 8.80. The van der Waals surface area contributed by atoms with Crippen LogP contribution >= 0.6 is 11.3 Å². The molecule has 0 N–H and O–H groups in total. The Kier molecular flexibility index (Phi) is 1.87. The van der Waals surface area contributed by atoms with Gasteiger partial charge in [0, 0.05) is 12.2 Å². The molecule has 3 nitrogen and oxygen atoms in total. The summed E-state index contributed by atoms with van der Waals surface area (Å²) in [4.78, 5) is 10.4. The van der Waals surface area contributed by atoms with Gasteiger partial charge in [0.05, 0.1) is 4.88 Å². The molecule has 0 atom stereocenters. The zero-order chi connectivity index (χ0) is 11.2. The fourth-order valence-electron chi connectivity index (χ4n) is 2.19. The van der Waals surface area contributed by atoms with Crippen molar-refractivity contribution in [3.05, 3.63) is 35.8 Å². The van der Waals surface area contributed by atoms with Crippen molar-refractivity contribution in [2.45, 2.75) is 18.9 Å². The lowest BCUT2D eigenvalue weighted by atomic mass is 10.4. The van der Waals surface area contributed by atoms with Crippen LogP contribution in [0.3, 0.4) is 0 Å². The Morgan fingerprint density at radius 2 is 2.18 bits per heavy atom. The van der Waals surface area contributed by atoms with E-state index >= 15 is 0 Å². The molecule has 84 valence electrons. The van der Waals surface area contributed by atoms with E-state index in [0.717, 1.165) is 17.0 Å². The van der Waals surface area contributed by atoms with E-state index in [9.17, 15) is 0 Å². The zero-order valence-electron chi connectivity index (χ0n) is 9.21. The summed E-state index contributed by atoms with van der Waals surface area (Å²) < 4.78 is 2.31. The Bertz CT molecular complexity index is 665. The fraction of sp³-hybridized carbons (Fsp3) is 0.231. The van der Waals surface area contributed by atoms with Gasteiger partial charge in [0.15, 0.2) is 11.5 Å². The maximum absolute atomic E-state index is 4.73. The molecule has 3 heterocycles. The summed E-state index contributed by atoms with van der Waals surface area (Å²) in [6.45, 7) is 0. The SMILES string of the molecule is c1csc(-c2nc3cccnc3n2C2CC2)c1. The lowest BCUT2D eigenvalue weighted by molar-refractivity contribution is 0.768. The molecule has 4 rings (SSSR count). The lowest BCUT2D eigenvalue weighted by Gasteiger charge is -2.04. The van der Waals surface area contributed by atoms with E-state index in [2.05, 4.69) is 27.1 Å². The topological polar surface area (TPSA) is 30.7 Å². The van der Waals surface area contributed by atoms with Gasteiger partial charge in [0.1, 0.15) is 5.52 Å². The molecular formula is C13H11N3S. The first-order chi connectivity index (χ1) is 8.43. The van der Waals surface area contributed by atoms with Gasteiger partial charge < -0.3 is 4.57 Å². The first kappa shape index (κ1) is 9.36.